The van der Waals surface area contributed by atoms with Crippen molar-refractivity contribution in [2.24, 2.45) is 0 Å². The highest BCUT2D eigenvalue weighted by molar-refractivity contribution is 6.24. The number of rotatable bonds is 6. The van der Waals surface area contributed by atoms with Crippen LogP contribution in [0.25, 0.3) is 65.7 Å². The van der Waals surface area contributed by atoms with Crippen molar-refractivity contribution in [1.82, 2.24) is 0 Å². The molecule has 0 heterocycles. The van der Waals surface area contributed by atoms with Crippen LogP contribution in [0.2, 0.25) is 0 Å². The summed E-state index contributed by atoms with van der Waals surface area (Å²) in [6, 6.07) is 72.4. The zero-order chi connectivity index (χ0) is 32.6. The van der Waals surface area contributed by atoms with Crippen LogP contribution in [0.1, 0.15) is 0 Å². The summed E-state index contributed by atoms with van der Waals surface area (Å²) < 4.78 is 0. The molecule has 0 saturated carbocycles. The average Bonchev–Trinajstić information content (AvgIpc) is 3.19. The molecular weight excluding hydrogens is 591 g/mol. The normalized spacial score (nSPS) is 11.3. The van der Waals surface area contributed by atoms with Crippen LogP contribution in [0, 0.1) is 0 Å². The molecule has 1 heteroatoms. The summed E-state index contributed by atoms with van der Waals surface area (Å²) in [6.45, 7) is 0. The fourth-order valence-electron chi connectivity index (χ4n) is 7.36. The van der Waals surface area contributed by atoms with Gasteiger partial charge >= 0.3 is 0 Å². The summed E-state index contributed by atoms with van der Waals surface area (Å²) in [5.74, 6) is 0. The van der Waals surface area contributed by atoms with Crippen LogP contribution in [0.5, 0.6) is 0 Å². The number of benzene rings is 9. The summed E-state index contributed by atoms with van der Waals surface area (Å²) in [5.41, 5.74) is 10.5. The predicted molar refractivity (Wildman–Crippen MR) is 210 cm³/mol. The van der Waals surface area contributed by atoms with E-state index >= 15 is 0 Å². The zero-order valence-corrected chi connectivity index (χ0v) is 27.0. The maximum Gasteiger partial charge on any atom is 0.0540 e. The van der Waals surface area contributed by atoms with Gasteiger partial charge in [0.05, 0.1) is 11.4 Å². The molecule has 0 amide bonds. The first kappa shape index (κ1) is 28.8. The number of nitrogens with zero attached hydrogens (tertiary/aromatic N) is 1. The van der Waals surface area contributed by atoms with E-state index in [-0.39, 0.29) is 0 Å². The van der Waals surface area contributed by atoms with Gasteiger partial charge in [-0.25, -0.2) is 0 Å². The van der Waals surface area contributed by atoms with Gasteiger partial charge in [-0.05, 0) is 84.9 Å². The zero-order valence-electron chi connectivity index (χ0n) is 27.0. The van der Waals surface area contributed by atoms with Gasteiger partial charge in [-0.2, -0.15) is 0 Å². The molecule has 0 bridgehead atoms. The fraction of sp³-hybridized carbons (Fsp3) is 0. The molecule has 0 aromatic heterocycles. The molecule has 0 aliphatic rings. The maximum absolute atomic E-state index is 2.44. The highest BCUT2D eigenvalue weighted by Crippen LogP contribution is 2.47. The molecular formula is C48H33N. The topological polar surface area (TPSA) is 3.24 Å². The second-order valence-corrected chi connectivity index (χ2v) is 12.5. The van der Waals surface area contributed by atoms with Gasteiger partial charge in [0.1, 0.15) is 0 Å². The molecule has 0 radical (unpaired) electrons. The third-order valence-corrected chi connectivity index (χ3v) is 9.65. The molecule has 0 aliphatic heterocycles. The standard InChI is InChI=1S/C48H33N/c1-3-15-34(16-4-1)35-27-30-39(31-28-35)49(46-25-13-11-21-40(46)36-17-5-2-6-18-36)47-26-14-12-24-43(47)45-33-38-20-8-10-23-42(38)48-41-22-9-7-19-37(41)29-32-44(45)48/h1-33H. The largest absolute Gasteiger partial charge is 0.309 e. The van der Waals surface area contributed by atoms with E-state index in [0.29, 0.717) is 0 Å². The molecule has 49 heavy (non-hydrogen) atoms. The SMILES string of the molecule is c1ccc(-c2ccc(N(c3ccccc3-c3ccccc3)c3ccccc3-c3cc4ccccc4c4c3ccc3ccccc34)cc2)cc1. The second kappa shape index (κ2) is 12.3. The Morgan fingerprint density at radius 1 is 0.286 bits per heavy atom. The molecule has 9 rings (SSSR count). The minimum atomic E-state index is 1.10. The summed E-state index contributed by atoms with van der Waals surface area (Å²) in [7, 11) is 0. The lowest BCUT2D eigenvalue weighted by molar-refractivity contribution is 1.28. The van der Waals surface area contributed by atoms with Crippen LogP contribution in [0.3, 0.4) is 0 Å². The lowest BCUT2D eigenvalue weighted by Gasteiger charge is -2.30. The summed E-state index contributed by atoms with van der Waals surface area (Å²) in [6.07, 6.45) is 0. The molecule has 9 aromatic rings. The van der Waals surface area contributed by atoms with Crippen LogP contribution in [0.15, 0.2) is 200 Å². The Hall–Kier alpha value is -6.44. The van der Waals surface area contributed by atoms with Crippen molar-refractivity contribution < 1.29 is 0 Å². The molecule has 230 valence electrons. The smallest absolute Gasteiger partial charge is 0.0540 e. The number of para-hydroxylation sites is 2. The van der Waals surface area contributed by atoms with Crippen molar-refractivity contribution in [3.05, 3.63) is 200 Å². The Labute approximate surface area is 287 Å². The number of hydrogen-bond acceptors (Lipinski definition) is 1. The third-order valence-electron chi connectivity index (χ3n) is 9.65. The Balaban J connectivity index is 1.32. The van der Waals surface area contributed by atoms with Crippen LogP contribution >= 0.6 is 0 Å². The molecule has 0 aliphatic carbocycles. The number of hydrogen-bond donors (Lipinski definition) is 0. The van der Waals surface area contributed by atoms with Crippen molar-refractivity contribution >= 4 is 49.4 Å². The van der Waals surface area contributed by atoms with Gasteiger partial charge in [-0.15, -0.1) is 0 Å². The Morgan fingerprint density at radius 2 is 0.796 bits per heavy atom. The van der Waals surface area contributed by atoms with Gasteiger partial charge in [-0.3, -0.25) is 0 Å². The molecule has 0 N–H and O–H groups in total. The van der Waals surface area contributed by atoms with E-state index in [1.807, 2.05) is 0 Å². The maximum atomic E-state index is 2.44. The number of fused-ring (bicyclic) bond motifs is 5. The fourth-order valence-corrected chi connectivity index (χ4v) is 7.36. The molecule has 0 fully saturated rings. The summed E-state index contributed by atoms with van der Waals surface area (Å²) >= 11 is 0. The van der Waals surface area contributed by atoms with Crippen LogP contribution in [-0.4, -0.2) is 0 Å². The minimum absolute atomic E-state index is 1.10. The van der Waals surface area contributed by atoms with E-state index < -0.39 is 0 Å². The van der Waals surface area contributed by atoms with Crippen LogP contribution in [0.4, 0.5) is 17.1 Å². The first-order chi connectivity index (χ1) is 24.3. The van der Waals surface area contributed by atoms with Gasteiger partial charge in [0, 0.05) is 16.8 Å². The first-order valence-electron chi connectivity index (χ1n) is 16.9. The minimum Gasteiger partial charge on any atom is -0.309 e. The molecule has 0 atom stereocenters. The van der Waals surface area contributed by atoms with E-state index in [1.165, 1.54) is 65.7 Å². The van der Waals surface area contributed by atoms with E-state index in [0.717, 1.165) is 17.1 Å². The molecule has 0 unspecified atom stereocenters. The van der Waals surface area contributed by atoms with Gasteiger partial charge in [0.25, 0.3) is 0 Å². The van der Waals surface area contributed by atoms with Crippen molar-refractivity contribution in [2.75, 3.05) is 4.90 Å². The summed E-state index contributed by atoms with van der Waals surface area (Å²) in [5, 5.41) is 7.59. The van der Waals surface area contributed by atoms with Crippen LogP contribution < -0.4 is 4.90 Å². The highest BCUT2D eigenvalue weighted by Gasteiger charge is 2.22. The third kappa shape index (κ3) is 5.13. The van der Waals surface area contributed by atoms with E-state index in [2.05, 4.69) is 205 Å². The molecule has 0 spiro atoms. The van der Waals surface area contributed by atoms with E-state index in [1.54, 1.807) is 0 Å². The van der Waals surface area contributed by atoms with Gasteiger partial charge in [-0.1, -0.05) is 170 Å². The number of anilines is 3. The van der Waals surface area contributed by atoms with Crippen molar-refractivity contribution in [3.8, 4) is 33.4 Å². The van der Waals surface area contributed by atoms with Crippen molar-refractivity contribution in [3.63, 3.8) is 0 Å². The lowest BCUT2D eigenvalue weighted by atomic mass is 9.89. The Kier molecular flexibility index (Phi) is 7.22. The summed E-state index contributed by atoms with van der Waals surface area (Å²) in [4.78, 5) is 2.44. The van der Waals surface area contributed by atoms with Crippen LogP contribution in [-0.2, 0) is 0 Å². The molecule has 9 aromatic carbocycles. The van der Waals surface area contributed by atoms with Gasteiger partial charge in [0.15, 0.2) is 0 Å². The van der Waals surface area contributed by atoms with Crippen molar-refractivity contribution in [1.29, 1.82) is 0 Å². The quantitative estimate of drug-likeness (QED) is 0.167. The monoisotopic (exact) mass is 623 g/mol. The molecule has 0 saturated heterocycles. The first-order valence-corrected chi connectivity index (χ1v) is 16.9. The second-order valence-electron chi connectivity index (χ2n) is 12.5. The van der Waals surface area contributed by atoms with E-state index in [9.17, 15) is 0 Å². The lowest BCUT2D eigenvalue weighted by Crippen LogP contribution is -2.12. The highest BCUT2D eigenvalue weighted by atomic mass is 15.1. The van der Waals surface area contributed by atoms with Gasteiger partial charge < -0.3 is 4.90 Å². The van der Waals surface area contributed by atoms with E-state index in [4.69, 9.17) is 0 Å². The Bertz CT molecular complexity index is 2570. The molecule has 1 nitrogen and oxygen atoms in total. The van der Waals surface area contributed by atoms with Gasteiger partial charge in [0.2, 0.25) is 0 Å². The predicted octanol–water partition coefficient (Wildman–Crippen LogP) is 13.6. The Morgan fingerprint density at radius 3 is 1.51 bits per heavy atom. The average molecular weight is 624 g/mol. The van der Waals surface area contributed by atoms with Crippen molar-refractivity contribution in [2.45, 2.75) is 0 Å².